The zero-order chi connectivity index (χ0) is 12.1. The van der Waals surface area contributed by atoms with Crippen LogP contribution >= 0.6 is 0 Å². The van der Waals surface area contributed by atoms with Gasteiger partial charge in [0.2, 0.25) is 6.04 Å². The van der Waals surface area contributed by atoms with Crippen molar-refractivity contribution in [1.82, 2.24) is 4.98 Å². The van der Waals surface area contributed by atoms with E-state index in [0.717, 1.165) is 6.20 Å². The molecular formula is C8H9N3O5. The van der Waals surface area contributed by atoms with Crippen LogP contribution in [0, 0.1) is 10.1 Å². The van der Waals surface area contributed by atoms with Gasteiger partial charge < -0.3 is 10.2 Å². The Balaban J connectivity index is 3.09. The molecule has 1 aromatic rings. The Morgan fingerprint density at radius 1 is 1.69 bits per heavy atom. The molecule has 0 aliphatic carbocycles. The number of aliphatic carboxylic acids is 1. The summed E-state index contributed by atoms with van der Waals surface area (Å²) in [6, 6.07) is 1.13. The van der Waals surface area contributed by atoms with E-state index in [1.54, 1.807) is 0 Å². The van der Waals surface area contributed by atoms with E-state index in [0.29, 0.717) is 5.01 Å². The molecule has 8 heteroatoms. The lowest BCUT2D eigenvalue weighted by molar-refractivity contribution is -0.499. The number of aliphatic hydroxyl groups excluding tert-OH is 1. The van der Waals surface area contributed by atoms with Crippen molar-refractivity contribution in [3.8, 4) is 0 Å². The van der Waals surface area contributed by atoms with Gasteiger partial charge in [-0.15, -0.1) is 0 Å². The first-order valence-corrected chi connectivity index (χ1v) is 4.25. The summed E-state index contributed by atoms with van der Waals surface area (Å²) in [6.45, 7) is -0.870. The van der Waals surface area contributed by atoms with Crippen LogP contribution in [0.2, 0.25) is 0 Å². The number of hydrogen-bond donors (Lipinski definition) is 2. The van der Waals surface area contributed by atoms with Crippen LogP contribution < -0.4 is 5.01 Å². The van der Waals surface area contributed by atoms with E-state index in [-0.39, 0.29) is 5.69 Å². The Bertz CT molecular complexity index is 383. The quantitative estimate of drug-likeness (QED) is 0.515. The van der Waals surface area contributed by atoms with Crippen LogP contribution in [0.1, 0.15) is 0 Å². The first kappa shape index (κ1) is 11.9. The van der Waals surface area contributed by atoms with Gasteiger partial charge in [0.15, 0.2) is 5.03 Å². The minimum Gasteiger partial charge on any atom is -0.479 e. The third kappa shape index (κ3) is 2.42. The number of nitrogens with zero attached hydrogens (tertiary/aromatic N) is 3. The number of aromatic nitrogens is 1. The highest BCUT2D eigenvalue weighted by molar-refractivity contribution is 5.77. The molecule has 0 aliphatic rings. The third-order valence-electron chi connectivity index (χ3n) is 1.84. The molecule has 1 rings (SSSR count). The summed E-state index contributed by atoms with van der Waals surface area (Å²) in [5, 5.41) is 27.8. The van der Waals surface area contributed by atoms with Crippen molar-refractivity contribution in [2.75, 3.05) is 11.6 Å². The maximum absolute atomic E-state index is 10.7. The molecular weight excluding hydrogens is 218 g/mol. The molecule has 86 valence electrons. The fourth-order valence-corrected chi connectivity index (χ4v) is 1.14. The van der Waals surface area contributed by atoms with Crippen LogP contribution in [0.5, 0.6) is 0 Å². The molecule has 0 saturated heterocycles. The van der Waals surface area contributed by atoms with Crippen molar-refractivity contribution in [1.29, 1.82) is 0 Å². The number of hydrazine groups is 1. The molecule has 0 bridgehead atoms. The molecule has 0 aromatic carbocycles. The second kappa shape index (κ2) is 5.03. The summed E-state index contributed by atoms with van der Waals surface area (Å²) in [6.07, 6.45) is 2.55. The van der Waals surface area contributed by atoms with E-state index in [4.69, 9.17) is 10.2 Å². The number of anilines is 1. The number of carboxylic acids is 1. The first-order valence-electron chi connectivity index (χ1n) is 4.25. The van der Waals surface area contributed by atoms with E-state index < -0.39 is 23.7 Å². The van der Waals surface area contributed by atoms with Gasteiger partial charge in [0.05, 0.1) is 12.8 Å². The predicted octanol–water partition coefficient (Wildman–Crippen LogP) is -0.475. The summed E-state index contributed by atoms with van der Waals surface area (Å²) in [4.78, 5) is 25.1. The molecule has 8 nitrogen and oxygen atoms in total. The van der Waals surface area contributed by atoms with E-state index in [2.05, 4.69) is 4.98 Å². The average molecular weight is 227 g/mol. The fourth-order valence-electron chi connectivity index (χ4n) is 1.14. The Labute approximate surface area is 89.9 Å². The van der Waals surface area contributed by atoms with Gasteiger partial charge >= 0.3 is 5.97 Å². The van der Waals surface area contributed by atoms with Crippen LogP contribution in [0.25, 0.3) is 0 Å². The molecule has 0 fully saturated rings. The molecule has 1 atom stereocenters. The van der Waals surface area contributed by atoms with Gasteiger partial charge in [-0.1, -0.05) is 5.01 Å². The van der Waals surface area contributed by atoms with E-state index >= 15 is 0 Å². The summed E-state index contributed by atoms with van der Waals surface area (Å²) in [7, 11) is 0. The molecule has 0 aliphatic heterocycles. The maximum Gasteiger partial charge on any atom is 0.335 e. The summed E-state index contributed by atoms with van der Waals surface area (Å²) in [5.41, 5.74) is -0.00560. The van der Waals surface area contributed by atoms with Crippen LogP contribution in [0.3, 0.4) is 0 Å². The van der Waals surface area contributed by atoms with E-state index in [1.807, 2.05) is 0 Å². The number of carboxylic acid groups (broad SMARTS) is 1. The fraction of sp³-hybridized carbons (Fsp3) is 0.250. The number of pyridine rings is 1. The molecule has 0 radical (unpaired) electrons. The third-order valence-corrected chi connectivity index (χ3v) is 1.84. The minimum atomic E-state index is -1.64. The molecule has 0 spiro atoms. The lowest BCUT2D eigenvalue weighted by Gasteiger charge is -2.18. The Morgan fingerprint density at radius 3 is 2.75 bits per heavy atom. The molecule has 1 heterocycles. The van der Waals surface area contributed by atoms with Gasteiger partial charge in [-0.25, -0.2) is 14.9 Å². The van der Waals surface area contributed by atoms with Crippen molar-refractivity contribution >= 4 is 11.7 Å². The van der Waals surface area contributed by atoms with Crippen LogP contribution in [0.15, 0.2) is 24.5 Å². The van der Waals surface area contributed by atoms with Crippen LogP contribution in [-0.2, 0) is 4.79 Å². The molecule has 0 unspecified atom stereocenters. The lowest BCUT2D eigenvalue weighted by Crippen LogP contribution is -2.47. The van der Waals surface area contributed by atoms with Gasteiger partial charge in [-0.05, 0) is 12.1 Å². The highest BCUT2D eigenvalue weighted by Gasteiger charge is 2.34. The summed E-state index contributed by atoms with van der Waals surface area (Å²) < 4.78 is 0. The number of rotatable bonds is 5. The Kier molecular flexibility index (Phi) is 3.72. The molecule has 16 heavy (non-hydrogen) atoms. The normalized spacial score (nSPS) is 11.8. The topological polar surface area (TPSA) is 117 Å². The van der Waals surface area contributed by atoms with Gasteiger partial charge in [0.1, 0.15) is 5.69 Å². The highest BCUT2D eigenvalue weighted by Crippen LogP contribution is 2.15. The first-order chi connectivity index (χ1) is 7.57. The van der Waals surface area contributed by atoms with E-state index in [9.17, 15) is 14.9 Å². The van der Waals surface area contributed by atoms with Crippen LogP contribution in [0.4, 0.5) is 5.69 Å². The predicted molar refractivity (Wildman–Crippen MR) is 52.2 cm³/mol. The van der Waals surface area contributed by atoms with Crippen molar-refractivity contribution in [2.24, 2.45) is 0 Å². The second-order valence-corrected chi connectivity index (χ2v) is 2.83. The van der Waals surface area contributed by atoms with Gasteiger partial charge in [-0.2, -0.15) is 0 Å². The zero-order valence-electron chi connectivity index (χ0n) is 8.05. The van der Waals surface area contributed by atoms with Gasteiger partial charge in [0.25, 0.3) is 0 Å². The van der Waals surface area contributed by atoms with Crippen molar-refractivity contribution in [3.05, 3.63) is 34.6 Å². The standard InChI is InChI=1S/C8H9N3O5/c12-5-7(8(13)14)10(11(15)16)6-2-1-3-9-4-6/h1-4,7,12H,5H2,(H,13,14)/t7-/m0/s1. The average Bonchev–Trinajstić information content (AvgIpc) is 2.25. The zero-order valence-corrected chi connectivity index (χ0v) is 8.05. The van der Waals surface area contributed by atoms with Gasteiger partial charge in [-0.3, -0.25) is 4.98 Å². The largest absolute Gasteiger partial charge is 0.479 e. The van der Waals surface area contributed by atoms with Crippen molar-refractivity contribution in [3.63, 3.8) is 0 Å². The van der Waals surface area contributed by atoms with Crippen molar-refractivity contribution in [2.45, 2.75) is 6.04 Å². The number of aliphatic hydroxyl groups is 1. The Hall–Kier alpha value is -2.22. The molecule has 0 saturated carbocycles. The molecule has 1 aromatic heterocycles. The smallest absolute Gasteiger partial charge is 0.335 e. The monoisotopic (exact) mass is 227 g/mol. The van der Waals surface area contributed by atoms with E-state index in [1.165, 1.54) is 18.3 Å². The summed E-state index contributed by atoms with van der Waals surface area (Å²) >= 11 is 0. The number of nitro groups is 1. The highest BCUT2D eigenvalue weighted by atomic mass is 16.7. The second-order valence-electron chi connectivity index (χ2n) is 2.83. The number of carbonyl (C=O) groups is 1. The van der Waals surface area contributed by atoms with Crippen LogP contribution in [-0.4, -0.2) is 38.8 Å². The molecule has 2 N–H and O–H groups in total. The lowest BCUT2D eigenvalue weighted by atomic mass is 10.3. The van der Waals surface area contributed by atoms with Crippen molar-refractivity contribution < 1.29 is 20.0 Å². The minimum absolute atomic E-state index is 0.00560. The summed E-state index contributed by atoms with van der Waals surface area (Å²) in [5.74, 6) is -1.48. The van der Waals surface area contributed by atoms with Gasteiger partial charge in [0, 0.05) is 6.20 Å². The number of hydrogen-bond acceptors (Lipinski definition) is 5. The SMILES string of the molecule is O=C(O)[C@H](CO)N(c1cccnc1)[N+](=O)[O-]. The maximum atomic E-state index is 10.7. The molecule has 0 amide bonds. The Morgan fingerprint density at radius 2 is 2.38 bits per heavy atom.